The molecule has 0 spiro atoms. The van der Waals surface area contributed by atoms with E-state index in [4.69, 9.17) is 0 Å². The second-order valence-corrected chi connectivity index (χ2v) is 4.23. The molecule has 0 aliphatic carbocycles. The van der Waals surface area contributed by atoms with Crippen molar-refractivity contribution in [3.63, 3.8) is 0 Å². The van der Waals surface area contributed by atoms with E-state index in [-0.39, 0.29) is 0 Å². The number of aliphatic hydroxyl groups is 1. The quantitative estimate of drug-likeness (QED) is 0.777. The highest BCUT2D eigenvalue weighted by Crippen LogP contribution is 2.35. The van der Waals surface area contributed by atoms with Gasteiger partial charge >= 0.3 is 0 Å². The van der Waals surface area contributed by atoms with Gasteiger partial charge in [-0.25, -0.2) is 0 Å². The van der Waals surface area contributed by atoms with Crippen LogP contribution in [0, 0.1) is 0 Å². The van der Waals surface area contributed by atoms with E-state index in [1.165, 1.54) is 0 Å². The predicted molar refractivity (Wildman–Crippen MR) is 56.6 cm³/mol. The highest BCUT2D eigenvalue weighted by Gasteiger charge is 2.16. The minimum atomic E-state index is -0.409. The monoisotopic (exact) mass is 192 g/mol. The van der Waals surface area contributed by atoms with E-state index in [0.717, 1.165) is 22.6 Å². The van der Waals surface area contributed by atoms with Gasteiger partial charge in [0.05, 0.1) is 0 Å². The van der Waals surface area contributed by atoms with E-state index in [2.05, 4.69) is 6.08 Å². The molecule has 0 saturated carbocycles. The normalized spacial score (nSPS) is 18.4. The van der Waals surface area contributed by atoms with Gasteiger partial charge in [-0.2, -0.15) is 0 Å². The van der Waals surface area contributed by atoms with Crippen LogP contribution in [0.15, 0.2) is 41.3 Å². The third-order valence-electron chi connectivity index (χ3n) is 2.12. The molecule has 1 unspecified atom stereocenters. The molecule has 1 N–H and O–H groups in total. The minimum absolute atomic E-state index is 0.409. The van der Waals surface area contributed by atoms with Crippen molar-refractivity contribution in [1.82, 2.24) is 0 Å². The Morgan fingerprint density at radius 2 is 2.00 bits per heavy atom. The van der Waals surface area contributed by atoms with Crippen LogP contribution in [0.4, 0.5) is 0 Å². The molecule has 0 amide bonds. The van der Waals surface area contributed by atoms with Crippen LogP contribution in [0.25, 0.3) is 0 Å². The van der Waals surface area contributed by atoms with Crippen LogP contribution in [-0.4, -0.2) is 10.9 Å². The van der Waals surface area contributed by atoms with Crippen LogP contribution in [0.5, 0.6) is 0 Å². The number of hydrogen-bond acceptors (Lipinski definition) is 2. The zero-order valence-corrected chi connectivity index (χ0v) is 8.13. The smallest absolute Gasteiger partial charge is 0.110 e. The standard InChI is InChI=1S/C11H12OS/c12-11(10-7-4-8-13-10)9-5-2-1-3-6-9/h1-3,5-7,11-12H,4,8H2. The summed E-state index contributed by atoms with van der Waals surface area (Å²) >= 11 is 1.76. The highest BCUT2D eigenvalue weighted by molar-refractivity contribution is 8.03. The largest absolute Gasteiger partial charge is 0.383 e. The van der Waals surface area contributed by atoms with Gasteiger partial charge in [0, 0.05) is 10.7 Å². The average molecular weight is 192 g/mol. The van der Waals surface area contributed by atoms with Gasteiger partial charge in [0.15, 0.2) is 0 Å². The molecule has 0 fully saturated rings. The molecule has 0 bridgehead atoms. The second-order valence-electron chi connectivity index (χ2n) is 3.06. The molecule has 1 aromatic rings. The first kappa shape index (κ1) is 8.85. The summed E-state index contributed by atoms with van der Waals surface area (Å²) in [6.07, 6.45) is 2.81. The SMILES string of the molecule is OC(C1=CCCS1)c1ccccc1. The highest BCUT2D eigenvalue weighted by atomic mass is 32.2. The van der Waals surface area contributed by atoms with Crippen molar-refractivity contribution in [2.75, 3.05) is 5.75 Å². The summed E-state index contributed by atoms with van der Waals surface area (Å²) in [5, 5.41) is 9.93. The molecular weight excluding hydrogens is 180 g/mol. The van der Waals surface area contributed by atoms with E-state index >= 15 is 0 Å². The predicted octanol–water partition coefficient (Wildman–Crippen LogP) is 2.74. The van der Waals surface area contributed by atoms with Crippen molar-refractivity contribution in [2.24, 2.45) is 0 Å². The maximum absolute atomic E-state index is 9.93. The summed E-state index contributed by atoms with van der Waals surface area (Å²) in [5.74, 6) is 1.11. The molecule has 2 rings (SSSR count). The Bertz CT molecular complexity index is 305. The number of allylic oxidation sites excluding steroid dienone is 1. The molecule has 0 radical (unpaired) electrons. The number of hydrogen-bond donors (Lipinski definition) is 1. The molecule has 1 aliphatic rings. The van der Waals surface area contributed by atoms with Crippen LogP contribution in [-0.2, 0) is 0 Å². The molecule has 0 saturated heterocycles. The first-order valence-corrected chi connectivity index (χ1v) is 5.42. The lowest BCUT2D eigenvalue weighted by molar-refractivity contribution is 0.225. The Labute approximate surface area is 82.5 Å². The summed E-state index contributed by atoms with van der Waals surface area (Å²) in [6, 6.07) is 9.80. The van der Waals surface area contributed by atoms with Gasteiger partial charge in [0.25, 0.3) is 0 Å². The fraction of sp³-hybridized carbons (Fsp3) is 0.273. The lowest BCUT2D eigenvalue weighted by Gasteiger charge is -2.10. The summed E-state index contributed by atoms with van der Waals surface area (Å²) in [4.78, 5) is 1.10. The number of rotatable bonds is 2. The molecule has 1 heterocycles. The molecule has 68 valence electrons. The van der Waals surface area contributed by atoms with Gasteiger partial charge in [-0.1, -0.05) is 36.4 Å². The van der Waals surface area contributed by atoms with Gasteiger partial charge in [0.1, 0.15) is 6.10 Å². The maximum Gasteiger partial charge on any atom is 0.110 e. The van der Waals surface area contributed by atoms with Crippen LogP contribution in [0.3, 0.4) is 0 Å². The average Bonchev–Trinajstić information content (AvgIpc) is 2.71. The molecule has 13 heavy (non-hydrogen) atoms. The van der Waals surface area contributed by atoms with E-state index in [1.54, 1.807) is 11.8 Å². The van der Waals surface area contributed by atoms with E-state index in [9.17, 15) is 5.11 Å². The van der Waals surface area contributed by atoms with Crippen LogP contribution in [0.1, 0.15) is 18.1 Å². The van der Waals surface area contributed by atoms with E-state index in [0.29, 0.717) is 0 Å². The van der Waals surface area contributed by atoms with Crippen molar-refractivity contribution in [3.8, 4) is 0 Å². The van der Waals surface area contributed by atoms with Gasteiger partial charge in [-0.3, -0.25) is 0 Å². The molecule has 1 nitrogen and oxygen atoms in total. The van der Waals surface area contributed by atoms with Gasteiger partial charge in [0.2, 0.25) is 0 Å². The maximum atomic E-state index is 9.93. The summed E-state index contributed by atoms with van der Waals surface area (Å²) in [7, 11) is 0. The van der Waals surface area contributed by atoms with Crippen LogP contribution < -0.4 is 0 Å². The Morgan fingerprint density at radius 1 is 1.23 bits per heavy atom. The topological polar surface area (TPSA) is 20.2 Å². The zero-order valence-electron chi connectivity index (χ0n) is 7.31. The summed E-state index contributed by atoms with van der Waals surface area (Å²) < 4.78 is 0. The minimum Gasteiger partial charge on any atom is -0.383 e. The summed E-state index contributed by atoms with van der Waals surface area (Å²) in [6.45, 7) is 0. The Morgan fingerprint density at radius 3 is 2.62 bits per heavy atom. The van der Waals surface area contributed by atoms with Crippen LogP contribution >= 0.6 is 11.8 Å². The molecule has 1 aromatic carbocycles. The third kappa shape index (κ3) is 1.95. The first-order chi connectivity index (χ1) is 6.38. The van der Waals surface area contributed by atoms with E-state index in [1.807, 2.05) is 30.3 Å². The van der Waals surface area contributed by atoms with Crippen molar-refractivity contribution in [3.05, 3.63) is 46.9 Å². The third-order valence-corrected chi connectivity index (χ3v) is 3.28. The molecule has 1 atom stereocenters. The first-order valence-electron chi connectivity index (χ1n) is 4.44. The second kappa shape index (κ2) is 3.99. The van der Waals surface area contributed by atoms with Crippen molar-refractivity contribution in [1.29, 1.82) is 0 Å². The fourth-order valence-corrected chi connectivity index (χ4v) is 2.43. The lowest BCUT2D eigenvalue weighted by Crippen LogP contribution is -1.96. The number of benzene rings is 1. The fourth-order valence-electron chi connectivity index (χ4n) is 1.43. The number of thioether (sulfide) groups is 1. The zero-order chi connectivity index (χ0) is 9.10. The van der Waals surface area contributed by atoms with Gasteiger partial charge in [-0.05, 0) is 12.0 Å². The lowest BCUT2D eigenvalue weighted by atomic mass is 10.1. The Balaban J connectivity index is 2.17. The molecular formula is C11H12OS. The number of aliphatic hydroxyl groups excluding tert-OH is 1. The van der Waals surface area contributed by atoms with Crippen LogP contribution in [0.2, 0.25) is 0 Å². The Kier molecular flexibility index (Phi) is 2.71. The molecule has 0 aromatic heterocycles. The van der Waals surface area contributed by atoms with Gasteiger partial charge in [-0.15, -0.1) is 11.8 Å². The molecule has 2 heteroatoms. The van der Waals surface area contributed by atoms with Crippen molar-refractivity contribution in [2.45, 2.75) is 12.5 Å². The summed E-state index contributed by atoms with van der Waals surface area (Å²) in [5.41, 5.74) is 0.989. The molecule has 1 aliphatic heterocycles. The Hall–Kier alpha value is -0.730. The van der Waals surface area contributed by atoms with E-state index < -0.39 is 6.10 Å². The van der Waals surface area contributed by atoms with Crippen molar-refractivity contribution >= 4 is 11.8 Å². The van der Waals surface area contributed by atoms with Gasteiger partial charge < -0.3 is 5.11 Å². The van der Waals surface area contributed by atoms with Crippen molar-refractivity contribution < 1.29 is 5.11 Å².